The number of rotatable bonds is 4. The van der Waals surface area contributed by atoms with Gasteiger partial charge in [0.15, 0.2) is 5.78 Å². The minimum absolute atomic E-state index is 0.0660. The van der Waals surface area contributed by atoms with E-state index < -0.39 is 11.9 Å². The Labute approximate surface area is 130 Å². The molecule has 0 aliphatic heterocycles. The summed E-state index contributed by atoms with van der Waals surface area (Å²) in [5, 5.41) is 9.11. The van der Waals surface area contributed by atoms with Gasteiger partial charge in [-0.3, -0.25) is 9.59 Å². The van der Waals surface area contributed by atoms with Crippen LogP contribution in [0.25, 0.3) is 0 Å². The van der Waals surface area contributed by atoms with Gasteiger partial charge in [0.1, 0.15) is 0 Å². The highest BCUT2D eigenvalue weighted by Crippen LogP contribution is 2.22. The summed E-state index contributed by atoms with van der Waals surface area (Å²) in [5.41, 5.74) is 4.93. The van der Waals surface area contributed by atoms with Gasteiger partial charge in [0.25, 0.3) is 0 Å². The molecule has 0 fully saturated rings. The highest BCUT2D eigenvalue weighted by atomic mass is 16.4. The third kappa shape index (κ3) is 3.08. The molecule has 3 nitrogen and oxygen atoms in total. The summed E-state index contributed by atoms with van der Waals surface area (Å²) in [6.07, 6.45) is 0. The summed E-state index contributed by atoms with van der Waals surface area (Å²) in [4.78, 5) is 23.9. The van der Waals surface area contributed by atoms with E-state index in [4.69, 9.17) is 5.11 Å². The molecular weight excluding hydrogens is 276 g/mol. The van der Waals surface area contributed by atoms with E-state index in [9.17, 15) is 9.59 Å². The fraction of sp³-hybridized carbons (Fsp3) is 0.263. The van der Waals surface area contributed by atoms with Crippen molar-refractivity contribution in [2.24, 2.45) is 0 Å². The average molecular weight is 296 g/mol. The van der Waals surface area contributed by atoms with Crippen molar-refractivity contribution >= 4 is 11.8 Å². The molecule has 1 N–H and O–H groups in total. The maximum absolute atomic E-state index is 12.8. The molecule has 0 radical (unpaired) electrons. The number of aliphatic carboxylic acids is 1. The summed E-state index contributed by atoms with van der Waals surface area (Å²) in [7, 11) is 0. The van der Waals surface area contributed by atoms with E-state index in [0.717, 1.165) is 16.7 Å². The van der Waals surface area contributed by atoms with Crippen molar-refractivity contribution in [3.05, 3.63) is 69.8 Å². The molecule has 2 aromatic carbocycles. The van der Waals surface area contributed by atoms with E-state index in [0.29, 0.717) is 16.7 Å². The van der Waals surface area contributed by atoms with Crippen LogP contribution in [-0.4, -0.2) is 16.9 Å². The fourth-order valence-electron chi connectivity index (χ4n) is 2.52. The van der Waals surface area contributed by atoms with Crippen molar-refractivity contribution in [3.63, 3.8) is 0 Å². The first-order valence-electron chi connectivity index (χ1n) is 7.26. The number of benzene rings is 2. The molecule has 0 saturated carbocycles. The Morgan fingerprint density at radius 3 is 2.36 bits per heavy atom. The lowest BCUT2D eigenvalue weighted by Crippen LogP contribution is -2.10. The van der Waals surface area contributed by atoms with Crippen molar-refractivity contribution in [1.82, 2.24) is 0 Å². The molecule has 2 rings (SSSR count). The third-order valence-electron chi connectivity index (χ3n) is 4.08. The topological polar surface area (TPSA) is 54.4 Å². The van der Waals surface area contributed by atoms with Gasteiger partial charge in [0.05, 0.1) is 5.92 Å². The number of carboxylic acid groups (broad SMARTS) is 1. The Hall–Kier alpha value is -2.42. The van der Waals surface area contributed by atoms with Gasteiger partial charge < -0.3 is 5.11 Å². The van der Waals surface area contributed by atoms with Gasteiger partial charge in [-0.1, -0.05) is 29.8 Å². The van der Waals surface area contributed by atoms with Gasteiger partial charge in [0.2, 0.25) is 0 Å². The first kappa shape index (κ1) is 16.0. The van der Waals surface area contributed by atoms with Crippen LogP contribution >= 0.6 is 0 Å². The zero-order valence-electron chi connectivity index (χ0n) is 13.3. The van der Waals surface area contributed by atoms with Gasteiger partial charge in [-0.2, -0.15) is 0 Å². The molecule has 0 heterocycles. The molecule has 0 aliphatic rings. The van der Waals surface area contributed by atoms with Crippen LogP contribution in [0.5, 0.6) is 0 Å². The average Bonchev–Trinajstić information content (AvgIpc) is 2.49. The summed E-state index contributed by atoms with van der Waals surface area (Å²) in [5.74, 6) is -1.59. The Morgan fingerprint density at radius 1 is 1.05 bits per heavy atom. The van der Waals surface area contributed by atoms with Gasteiger partial charge in [0, 0.05) is 11.1 Å². The second-order valence-corrected chi connectivity index (χ2v) is 5.77. The van der Waals surface area contributed by atoms with E-state index in [-0.39, 0.29) is 5.78 Å². The molecule has 114 valence electrons. The van der Waals surface area contributed by atoms with Gasteiger partial charge in [-0.25, -0.2) is 0 Å². The predicted molar refractivity (Wildman–Crippen MR) is 86.6 cm³/mol. The number of hydrogen-bond acceptors (Lipinski definition) is 2. The molecular formula is C19H20O3. The molecule has 2 aromatic rings. The molecule has 22 heavy (non-hydrogen) atoms. The monoisotopic (exact) mass is 296 g/mol. The van der Waals surface area contributed by atoms with Crippen LogP contribution in [-0.2, 0) is 4.79 Å². The summed E-state index contributed by atoms with van der Waals surface area (Å²) in [6, 6.07) is 10.8. The van der Waals surface area contributed by atoms with Crippen LogP contribution in [0.1, 0.15) is 51.0 Å². The van der Waals surface area contributed by atoms with Crippen molar-refractivity contribution in [2.45, 2.75) is 33.6 Å². The number of carboxylic acids is 1. The van der Waals surface area contributed by atoms with E-state index in [2.05, 4.69) is 6.07 Å². The van der Waals surface area contributed by atoms with Gasteiger partial charge in [-0.05, 0) is 56.5 Å². The standard InChI is InChI=1S/C19H20O3/c1-11-8-12(2)13(3)17(9-11)18(20)16-7-5-6-15(10-16)14(4)19(21)22/h5-10,14H,1-4H3,(H,21,22). The minimum Gasteiger partial charge on any atom is -0.481 e. The quantitative estimate of drug-likeness (QED) is 0.867. The Kier molecular flexibility index (Phi) is 4.45. The molecule has 1 atom stereocenters. The van der Waals surface area contributed by atoms with Crippen LogP contribution in [0.3, 0.4) is 0 Å². The van der Waals surface area contributed by atoms with Crippen molar-refractivity contribution < 1.29 is 14.7 Å². The Balaban J connectivity index is 2.47. The Morgan fingerprint density at radius 2 is 1.73 bits per heavy atom. The zero-order valence-corrected chi connectivity index (χ0v) is 13.3. The smallest absolute Gasteiger partial charge is 0.310 e. The maximum Gasteiger partial charge on any atom is 0.310 e. The van der Waals surface area contributed by atoms with E-state index in [1.54, 1.807) is 31.2 Å². The SMILES string of the molecule is Cc1cc(C)c(C)c(C(=O)c2cccc(C(C)C(=O)O)c2)c1. The summed E-state index contributed by atoms with van der Waals surface area (Å²) < 4.78 is 0. The van der Waals surface area contributed by atoms with Crippen molar-refractivity contribution in [2.75, 3.05) is 0 Å². The number of aryl methyl sites for hydroxylation is 2. The lowest BCUT2D eigenvalue weighted by Gasteiger charge is -2.12. The van der Waals surface area contributed by atoms with E-state index >= 15 is 0 Å². The number of ketones is 1. The second-order valence-electron chi connectivity index (χ2n) is 5.77. The molecule has 0 aromatic heterocycles. The van der Waals surface area contributed by atoms with Crippen LogP contribution in [0.2, 0.25) is 0 Å². The van der Waals surface area contributed by atoms with Crippen molar-refractivity contribution in [1.29, 1.82) is 0 Å². The highest BCUT2D eigenvalue weighted by molar-refractivity contribution is 6.10. The normalized spacial score (nSPS) is 12.0. The zero-order chi connectivity index (χ0) is 16.4. The fourth-order valence-corrected chi connectivity index (χ4v) is 2.52. The first-order valence-corrected chi connectivity index (χ1v) is 7.26. The number of carbonyl (C=O) groups is 2. The molecule has 0 amide bonds. The number of carbonyl (C=O) groups excluding carboxylic acids is 1. The minimum atomic E-state index is -0.896. The van der Waals surface area contributed by atoms with Crippen LogP contribution < -0.4 is 0 Å². The van der Waals surface area contributed by atoms with Crippen molar-refractivity contribution in [3.8, 4) is 0 Å². The molecule has 0 saturated heterocycles. The maximum atomic E-state index is 12.8. The largest absolute Gasteiger partial charge is 0.481 e. The Bertz CT molecular complexity index is 744. The van der Waals surface area contributed by atoms with Crippen LogP contribution in [0.4, 0.5) is 0 Å². The second kappa shape index (κ2) is 6.14. The molecule has 1 unspecified atom stereocenters. The van der Waals surface area contributed by atoms with Crippen LogP contribution in [0.15, 0.2) is 36.4 Å². The number of hydrogen-bond donors (Lipinski definition) is 1. The predicted octanol–water partition coefficient (Wildman–Crippen LogP) is 4.03. The summed E-state index contributed by atoms with van der Waals surface area (Å²) >= 11 is 0. The van der Waals surface area contributed by atoms with Gasteiger partial charge in [-0.15, -0.1) is 0 Å². The molecule has 0 aliphatic carbocycles. The molecule has 3 heteroatoms. The lowest BCUT2D eigenvalue weighted by atomic mass is 9.92. The van der Waals surface area contributed by atoms with E-state index in [1.165, 1.54) is 0 Å². The van der Waals surface area contributed by atoms with E-state index in [1.807, 2.05) is 26.8 Å². The lowest BCUT2D eigenvalue weighted by molar-refractivity contribution is -0.138. The summed E-state index contributed by atoms with van der Waals surface area (Å²) in [6.45, 7) is 7.51. The molecule has 0 spiro atoms. The van der Waals surface area contributed by atoms with Crippen LogP contribution in [0, 0.1) is 20.8 Å². The molecule has 0 bridgehead atoms. The van der Waals surface area contributed by atoms with Gasteiger partial charge >= 0.3 is 5.97 Å². The first-order chi connectivity index (χ1) is 10.3. The highest BCUT2D eigenvalue weighted by Gasteiger charge is 2.18. The third-order valence-corrected chi connectivity index (χ3v) is 4.08.